The highest BCUT2D eigenvalue weighted by Gasteiger charge is 2.35. The molecule has 0 saturated carbocycles. The van der Waals surface area contributed by atoms with Crippen molar-refractivity contribution in [1.82, 2.24) is 16.0 Å². The van der Waals surface area contributed by atoms with E-state index in [2.05, 4.69) is 16.0 Å². The van der Waals surface area contributed by atoms with Crippen LogP contribution in [0.25, 0.3) is 0 Å². The van der Waals surface area contributed by atoms with Crippen molar-refractivity contribution in [3.8, 4) is 0 Å². The summed E-state index contributed by atoms with van der Waals surface area (Å²) in [5, 5.41) is 17.5. The maximum atomic E-state index is 13.0. The zero-order valence-corrected chi connectivity index (χ0v) is 20.9. The number of alkyl carbamates (subject to hydrolysis) is 1. The van der Waals surface area contributed by atoms with E-state index in [-0.39, 0.29) is 24.7 Å². The van der Waals surface area contributed by atoms with Gasteiger partial charge in [-0.2, -0.15) is 0 Å². The SMILES string of the molecule is CC(C)C[C@H](NC(=O)OC(C)Cc1ccccc1)C(=O)N[C@@H](C[C@@H]1CCNC1=O)C(O)S(=O)(=O)[O-]. The Labute approximate surface area is 205 Å². The molecule has 1 aromatic rings. The molecule has 12 heteroatoms. The molecule has 2 unspecified atom stereocenters. The summed E-state index contributed by atoms with van der Waals surface area (Å²) in [6, 6.07) is 6.76. The number of nitrogens with one attached hydrogen (secondary N) is 3. The minimum Gasteiger partial charge on any atom is -0.746 e. The van der Waals surface area contributed by atoms with Crippen LogP contribution in [-0.2, 0) is 30.9 Å². The van der Waals surface area contributed by atoms with Crippen LogP contribution in [0.15, 0.2) is 30.3 Å². The lowest BCUT2D eigenvalue weighted by atomic mass is 9.97. The Kier molecular flexibility index (Phi) is 10.5. The fourth-order valence-corrected chi connectivity index (χ4v) is 4.54. The van der Waals surface area contributed by atoms with Gasteiger partial charge in [-0.25, -0.2) is 13.2 Å². The van der Waals surface area contributed by atoms with E-state index in [1.165, 1.54) is 0 Å². The van der Waals surface area contributed by atoms with Gasteiger partial charge in [-0.1, -0.05) is 44.2 Å². The predicted molar refractivity (Wildman–Crippen MR) is 126 cm³/mol. The van der Waals surface area contributed by atoms with Crippen molar-refractivity contribution in [2.75, 3.05) is 6.54 Å². The molecule has 1 heterocycles. The highest BCUT2D eigenvalue weighted by atomic mass is 32.2. The Morgan fingerprint density at radius 2 is 1.86 bits per heavy atom. The van der Waals surface area contributed by atoms with Gasteiger partial charge in [-0.3, -0.25) is 9.59 Å². The Bertz CT molecular complexity index is 970. The van der Waals surface area contributed by atoms with Crippen molar-refractivity contribution in [3.05, 3.63) is 35.9 Å². The highest BCUT2D eigenvalue weighted by Crippen LogP contribution is 2.20. The molecule has 1 aromatic carbocycles. The maximum Gasteiger partial charge on any atom is 0.408 e. The molecule has 1 aliphatic heterocycles. The molecule has 0 bridgehead atoms. The first-order valence-corrected chi connectivity index (χ1v) is 13.1. The Hall–Kier alpha value is -2.70. The number of ether oxygens (including phenoxy) is 1. The first kappa shape index (κ1) is 28.5. The molecule has 3 amide bonds. The van der Waals surface area contributed by atoms with Gasteiger partial charge in [-0.15, -0.1) is 0 Å². The average molecular weight is 513 g/mol. The molecule has 1 aliphatic rings. The predicted octanol–water partition coefficient (Wildman–Crippen LogP) is 0.633. The highest BCUT2D eigenvalue weighted by molar-refractivity contribution is 7.86. The molecule has 1 saturated heterocycles. The molecule has 35 heavy (non-hydrogen) atoms. The number of aliphatic hydroxyl groups excluding tert-OH is 1. The quantitative estimate of drug-likeness (QED) is 0.295. The standard InChI is InChI=1S/C23H35N3O8S/c1-14(2)11-18(26-23(30)34-15(3)12-16-7-5-4-6-8-16)21(28)25-19(22(29)35(31,32)33)13-17-9-10-24-20(17)27/h4-8,14-15,17-19,22,29H,9-13H2,1-3H3,(H,24,27)(H,25,28)(H,26,30)(H,31,32,33)/p-1/t15?,17-,18-,19-,22?/m0/s1. The number of rotatable bonds is 12. The van der Waals surface area contributed by atoms with E-state index < -0.39 is 51.7 Å². The molecular weight excluding hydrogens is 478 g/mol. The zero-order valence-electron chi connectivity index (χ0n) is 20.1. The topological polar surface area (TPSA) is 174 Å². The second-order valence-corrected chi connectivity index (χ2v) is 10.7. The molecule has 196 valence electrons. The minimum atomic E-state index is -5.18. The Balaban J connectivity index is 2.07. The van der Waals surface area contributed by atoms with Gasteiger partial charge >= 0.3 is 6.09 Å². The summed E-state index contributed by atoms with van der Waals surface area (Å²) in [5.41, 5.74) is -1.48. The summed E-state index contributed by atoms with van der Waals surface area (Å²) in [4.78, 5) is 37.4. The summed E-state index contributed by atoms with van der Waals surface area (Å²) in [6.07, 6.45) is -0.540. The summed E-state index contributed by atoms with van der Waals surface area (Å²) < 4.78 is 39.7. The normalized spacial score (nSPS) is 19.4. The van der Waals surface area contributed by atoms with Gasteiger partial charge in [0.1, 0.15) is 22.3 Å². The summed E-state index contributed by atoms with van der Waals surface area (Å²) in [5.74, 6) is -1.86. The van der Waals surface area contributed by atoms with Gasteiger partial charge in [0.05, 0.1) is 6.04 Å². The number of carbonyl (C=O) groups excluding carboxylic acids is 3. The van der Waals surface area contributed by atoms with E-state index >= 15 is 0 Å². The fraction of sp³-hybridized carbons (Fsp3) is 0.609. The van der Waals surface area contributed by atoms with E-state index in [0.29, 0.717) is 19.4 Å². The number of benzene rings is 1. The lowest BCUT2D eigenvalue weighted by Crippen LogP contribution is -2.55. The van der Waals surface area contributed by atoms with Gasteiger partial charge < -0.3 is 30.3 Å². The first-order valence-electron chi connectivity index (χ1n) is 11.6. The van der Waals surface area contributed by atoms with Gasteiger partial charge in [0.25, 0.3) is 0 Å². The van der Waals surface area contributed by atoms with Gasteiger partial charge in [0.15, 0.2) is 5.44 Å². The largest absolute Gasteiger partial charge is 0.746 e. The van der Waals surface area contributed by atoms with Crippen LogP contribution in [0.4, 0.5) is 4.79 Å². The first-order chi connectivity index (χ1) is 16.4. The fourth-order valence-electron chi connectivity index (χ4n) is 3.96. The number of aliphatic hydroxyl groups is 1. The molecule has 1 fully saturated rings. The third-order valence-corrected chi connectivity index (χ3v) is 6.58. The van der Waals surface area contributed by atoms with Crippen LogP contribution in [0.2, 0.25) is 0 Å². The Morgan fingerprint density at radius 1 is 1.20 bits per heavy atom. The smallest absolute Gasteiger partial charge is 0.408 e. The second-order valence-electron chi connectivity index (χ2n) is 9.24. The van der Waals surface area contributed by atoms with Crippen molar-refractivity contribution in [3.63, 3.8) is 0 Å². The number of carbonyl (C=O) groups is 3. The van der Waals surface area contributed by atoms with Crippen molar-refractivity contribution < 1.29 is 37.2 Å². The molecular formula is C23H34N3O8S-. The maximum absolute atomic E-state index is 13.0. The van der Waals surface area contributed by atoms with Crippen LogP contribution in [0.5, 0.6) is 0 Å². The monoisotopic (exact) mass is 512 g/mol. The van der Waals surface area contributed by atoms with Crippen LogP contribution >= 0.6 is 0 Å². The third-order valence-electron chi connectivity index (χ3n) is 5.66. The van der Waals surface area contributed by atoms with Crippen LogP contribution in [0.3, 0.4) is 0 Å². The number of amides is 3. The van der Waals surface area contributed by atoms with Crippen LogP contribution in [-0.4, -0.2) is 66.2 Å². The summed E-state index contributed by atoms with van der Waals surface area (Å²) >= 11 is 0. The molecule has 0 radical (unpaired) electrons. The minimum absolute atomic E-state index is 0.0417. The molecule has 0 aliphatic carbocycles. The number of hydrogen-bond donors (Lipinski definition) is 4. The molecule has 11 nitrogen and oxygen atoms in total. The summed E-state index contributed by atoms with van der Waals surface area (Å²) in [6.45, 7) is 5.72. The van der Waals surface area contributed by atoms with Crippen molar-refractivity contribution in [2.24, 2.45) is 11.8 Å². The molecule has 2 rings (SSSR count). The number of hydrogen-bond acceptors (Lipinski definition) is 8. The average Bonchev–Trinajstić information content (AvgIpc) is 3.16. The lowest BCUT2D eigenvalue weighted by Gasteiger charge is -2.29. The van der Waals surface area contributed by atoms with E-state index in [1.54, 1.807) is 6.92 Å². The summed E-state index contributed by atoms with van der Waals surface area (Å²) in [7, 11) is -5.18. The van der Waals surface area contributed by atoms with Gasteiger partial charge in [0, 0.05) is 18.9 Å². The molecule has 5 atom stereocenters. The van der Waals surface area contributed by atoms with Crippen molar-refractivity contribution in [1.29, 1.82) is 0 Å². The van der Waals surface area contributed by atoms with Crippen molar-refractivity contribution in [2.45, 2.75) is 70.1 Å². The van der Waals surface area contributed by atoms with E-state index in [9.17, 15) is 32.5 Å². The van der Waals surface area contributed by atoms with E-state index in [4.69, 9.17) is 4.74 Å². The second kappa shape index (κ2) is 12.8. The van der Waals surface area contributed by atoms with Gasteiger partial charge in [0.2, 0.25) is 11.8 Å². The van der Waals surface area contributed by atoms with E-state index in [1.807, 2.05) is 44.2 Å². The molecule has 0 aromatic heterocycles. The zero-order chi connectivity index (χ0) is 26.2. The van der Waals surface area contributed by atoms with Crippen LogP contribution < -0.4 is 16.0 Å². The lowest BCUT2D eigenvalue weighted by molar-refractivity contribution is -0.126. The van der Waals surface area contributed by atoms with E-state index in [0.717, 1.165) is 5.56 Å². The van der Waals surface area contributed by atoms with Crippen LogP contribution in [0.1, 0.15) is 45.6 Å². The Morgan fingerprint density at radius 3 is 2.40 bits per heavy atom. The molecule has 4 N–H and O–H groups in total. The van der Waals surface area contributed by atoms with Gasteiger partial charge in [-0.05, 0) is 37.7 Å². The van der Waals surface area contributed by atoms with Crippen LogP contribution in [0, 0.1) is 11.8 Å². The third kappa shape index (κ3) is 9.46. The molecule has 0 spiro atoms. The van der Waals surface area contributed by atoms with Crippen molar-refractivity contribution >= 4 is 28.0 Å².